The SMILES string of the molecule is C/C=C\C=C(/CC)OCC1C=CC(C)C1.CC. The highest BCUT2D eigenvalue weighted by Gasteiger charge is 2.15. The molecule has 0 saturated heterocycles. The van der Waals surface area contributed by atoms with Crippen LogP contribution in [-0.2, 0) is 4.74 Å². The second-order valence-electron chi connectivity index (χ2n) is 4.18. The molecule has 1 aliphatic rings. The predicted octanol–water partition coefficient (Wildman–Crippen LogP) is 5.11. The third kappa shape index (κ3) is 7.04. The van der Waals surface area contributed by atoms with E-state index in [9.17, 15) is 0 Å². The predicted molar refractivity (Wildman–Crippen MR) is 76.9 cm³/mol. The molecule has 0 bridgehead atoms. The van der Waals surface area contributed by atoms with Crippen LogP contribution in [0.5, 0.6) is 0 Å². The highest BCUT2D eigenvalue weighted by atomic mass is 16.5. The molecule has 0 spiro atoms. The Morgan fingerprint density at radius 2 is 2.06 bits per heavy atom. The number of rotatable bonds is 5. The number of hydrogen-bond donors (Lipinski definition) is 0. The third-order valence-corrected chi connectivity index (χ3v) is 2.69. The van der Waals surface area contributed by atoms with Crippen molar-refractivity contribution in [3.8, 4) is 0 Å². The van der Waals surface area contributed by atoms with Crippen LogP contribution in [0.1, 0.15) is 47.5 Å². The molecule has 0 amide bonds. The van der Waals surface area contributed by atoms with Gasteiger partial charge in [-0.3, -0.25) is 0 Å². The van der Waals surface area contributed by atoms with Crippen LogP contribution in [-0.4, -0.2) is 6.61 Å². The highest BCUT2D eigenvalue weighted by molar-refractivity contribution is 5.07. The van der Waals surface area contributed by atoms with Crippen molar-refractivity contribution < 1.29 is 4.74 Å². The first-order chi connectivity index (χ1) is 8.26. The molecule has 0 heterocycles. The molecule has 2 atom stereocenters. The van der Waals surface area contributed by atoms with Crippen molar-refractivity contribution in [2.75, 3.05) is 6.61 Å². The van der Waals surface area contributed by atoms with Crippen LogP contribution in [0.15, 0.2) is 36.1 Å². The molecule has 0 N–H and O–H groups in total. The quantitative estimate of drug-likeness (QED) is 0.366. The van der Waals surface area contributed by atoms with Crippen molar-refractivity contribution in [1.29, 1.82) is 0 Å². The van der Waals surface area contributed by atoms with E-state index in [1.54, 1.807) is 0 Å². The van der Waals surface area contributed by atoms with Crippen molar-refractivity contribution in [2.24, 2.45) is 11.8 Å². The van der Waals surface area contributed by atoms with Crippen LogP contribution in [0, 0.1) is 11.8 Å². The van der Waals surface area contributed by atoms with E-state index in [0.717, 1.165) is 24.7 Å². The summed E-state index contributed by atoms with van der Waals surface area (Å²) in [6.45, 7) is 11.2. The van der Waals surface area contributed by atoms with E-state index in [1.165, 1.54) is 6.42 Å². The molecule has 0 aromatic carbocycles. The summed E-state index contributed by atoms with van der Waals surface area (Å²) in [5, 5.41) is 0. The van der Waals surface area contributed by atoms with Crippen molar-refractivity contribution in [1.82, 2.24) is 0 Å². The molecule has 0 radical (unpaired) electrons. The van der Waals surface area contributed by atoms with Gasteiger partial charge in [0.15, 0.2) is 0 Å². The van der Waals surface area contributed by atoms with E-state index in [0.29, 0.717) is 5.92 Å². The topological polar surface area (TPSA) is 9.23 Å². The molecule has 0 saturated carbocycles. The zero-order valence-corrected chi connectivity index (χ0v) is 12.1. The molecule has 2 unspecified atom stereocenters. The van der Waals surface area contributed by atoms with Gasteiger partial charge in [0.2, 0.25) is 0 Å². The Morgan fingerprint density at radius 1 is 1.35 bits per heavy atom. The lowest BCUT2D eigenvalue weighted by molar-refractivity contribution is 0.173. The van der Waals surface area contributed by atoms with Crippen LogP contribution >= 0.6 is 0 Å². The molecule has 0 aromatic heterocycles. The van der Waals surface area contributed by atoms with E-state index >= 15 is 0 Å². The second-order valence-corrected chi connectivity index (χ2v) is 4.18. The highest BCUT2D eigenvalue weighted by Crippen LogP contribution is 2.23. The summed E-state index contributed by atoms with van der Waals surface area (Å²) in [4.78, 5) is 0. The van der Waals surface area contributed by atoms with Gasteiger partial charge in [-0.05, 0) is 25.3 Å². The van der Waals surface area contributed by atoms with Gasteiger partial charge >= 0.3 is 0 Å². The fourth-order valence-electron chi connectivity index (χ4n) is 1.79. The van der Waals surface area contributed by atoms with Crippen LogP contribution in [0.4, 0.5) is 0 Å². The van der Waals surface area contributed by atoms with E-state index in [-0.39, 0.29) is 0 Å². The Kier molecular flexibility index (Phi) is 9.60. The van der Waals surface area contributed by atoms with Crippen LogP contribution < -0.4 is 0 Å². The Morgan fingerprint density at radius 3 is 2.53 bits per heavy atom. The first-order valence-electron chi connectivity index (χ1n) is 6.89. The summed E-state index contributed by atoms with van der Waals surface area (Å²) in [7, 11) is 0. The molecular formula is C16H28O. The minimum absolute atomic E-state index is 0.612. The number of ether oxygens (including phenoxy) is 1. The van der Waals surface area contributed by atoms with Crippen molar-refractivity contribution in [2.45, 2.75) is 47.5 Å². The van der Waals surface area contributed by atoms with Crippen LogP contribution in [0.25, 0.3) is 0 Å². The van der Waals surface area contributed by atoms with Gasteiger partial charge in [0.05, 0.1) is 12.4 Å². The average Bonchev–Trinajstić information content (AvgIpc) is 2.78. The smallest absolute Gasteiger partial charge is 0.0957 e. The monoisotopic (exact) mass is 236 g/mol. The minimum Gasteiger partial charge on any atom is -0.497 e. The zero-order valence-electron chi connectivity index (χ0n) is 12.1. The number of allylic oxidation sites excluding steroid dienone is 5. The lowest BCUT2D eigenvalue weighted by Crippen LogP contribution is -2.05. The molecule has 1 heteroatoms. The molecule has 0 aromatic rings. The Hall–Kier alpha value is -0.980. The molecular weight excluding hydrogens is 208 g/mol. The normalized spacial score (nSPS) is 23.7. The summed E-state index contributed by atoms with van der Waals surface area (Å²) in [5.41, 5.74) is 0. The van der Waals surface area contributed by atoms with Gasteiger partial charge in [0.25, 0.3) is 0 Å². The van der Waals surface area contributed by atoms with Gasteiger partial charge in [-0.2, -0.15) is 0 Å². The summed E-state index contributed by atoms with van der Waals surface area (Å²) >= 11 is 0. The van der Waals surface area contributed by atoms with Crippen molar-refractivity contribution in [3.05, 3.63) is 36.1 Å². The fraction of sp³-hybridized carbons (Fsp3) is 0.625. The van der Waals surface area contributed by atoms with E-state index in [1.807, 2.05) is 32.9 Å². The third-order valence-electron chi connectivity index (χ3n) is 2.69. The van der Waals surface area contributed by atoms with E-state index < -0.39 is 0 Å². The Labute approximate surface area is 107 Å². The van der Waals surface area contributed by atoms with Gasteiger partial charge in [-0.25, -0.2) is 0 Å². The van der Waals surface area contributed by atoms with Crippen LogP contribution in [0.2, 0.25) is 0 Å². The lowest BCUT2D eigenvalue weighted by Gasteiger charge is -2.12. The molecule has 98 valence electrons. The summed E-state index contributed by atoms with van der Waals surface area (Å²) in [5.74, 6) is 2.42. The van der Waals surface area contributed by atoms with Gasteiger partial charge in [0.1, 0.15) is 0 Å². The summed E-state index contributed by atoms with van der Waals surface area (Å²) in [6, 6.07) is 0. The second kappa shape index (κ2) is 10.2. The first-order valence-corrected chi connectivity index (χ1v) is 6.89. The molecule has 0 fully saturated rings. The lowest BCUT2D eigenvalue weighted by atomic mass is 10.1. The standard InChI is InChI=1S/C14H22O.C2H6/c1-4-6-7-14(5-2)15-11-13-9-8-12(3)10-13;1-2/h4,6-9,12-13H,5,10-11H2,1-3H3;1-2H3/b6-4-,14-7+;. The maximum Gasteiger partial charge on any atom is 0.0957 e. The zero-order chi connectivity index (χ0) is 13.1. The van der Waals surface area contributed by atoms with Gasteiger partial charge in [0, 0.05) is 12.3 Å². The number of hydrogen-bond acceptors (Lipinski definition) is 1. The average molecular weight is 236 g/mol. The van der Waals surface area contributed by atoms with Gasteiger partial charge < -0.3 is 4.74 Å². The van der Waals surface area contributed by atoms with E-state index in [2.05, 4.69) is 32.1 Å². The van der Waals surface area contributed by atoms with Gasteiger partial charge in [-0.1, -0.05) is 52.0 Å². The minimum atomic E-state index is 0.612. The maximum atomic E-state index is 5.78. The summed E-state index contributed by atoms with van der Waals surface area (Å²) < 4.78 is 5.78. The van der Waals surface area contributed by atoms with Crippen LogP contribution in [0.3, 0.4) is 0 Å². The molecule has 1 rings (SSSR count). The van der Waals surface area contributed by atoms with E-state index in [4.69, 9.17) is 4.74 Å². The first kappa shape index (κ1) is 16.0. The Bertz CT molecular complexity index is 261. The largest absolute Gasteiger partial charge is 0.497 e. The molecule has 1 aliphatic carbocycles. The van der Waals surface area contributed by atoms with Crippen molar-refractivity contribution in [3.63, 3.8) is 0 Å². The fourth-order valence-corrected chi connectivity index (χ4v) is 1.79. The van der Waals surface area contributed by atoms with Crippen molar-refractivity contribution >= 4 is 0 Å². The molecule has 0 aliphatic heterocycles. The maximum absolute atomic E-state index is 5.78. The molecule has 1 nitrogen and oxygen atoms in total. The Balaban J connectivity index is 0.00000121. The molecule has 17 heavy (non-hydrogen) atoms. The summed E-state index contributed by atoms with van der Waals surface area (Å²) in [6.07, 6.45) is 12.9. The van der Waals surface area contributed by atoms with Gasteiger partial charge in [-0.15, -0.1) is 0 Å².